The number of carbonyl (C=O) groups excluding carboxylic acids is 1. The molecule has 0 aliphatic rings. The standard InChI is InChI=1S/C21H20N6O/c1-15-13-19(20(28)27(2)12-9-16-7-10-23-11-8-16)26-21(24-15)25-18-5-3-17(14-22)4-6-18/h3-8,10-11,13H,9,12H2,1-2H3,(H,24,25,26). The van der Waals surface area contributed by atoms with Crippen LogP contribution in [0.25, 0.3) is 0 Å². The first-order valence-corrected chi connectivity index (χ1v) is 8.82. The van der Waals surface area contributed by atoms with E-state index in [9.17, 15) is 4.79 Å². The molecule has 0 aliphatic carbocycles. The van der Waals surface area contributed by atoms with Crippen molar-refractivity contribution in [2.75, 3.05) is 18.9 Å². The molecule has 0 unspecified atom stereocenters. The average molecular weight is 372 g/mol. The maximum atomic E-state index is 12.8. The van der Waals surface area contributed by atoms with Crippen molar-refractivity contribution in [3.63, 3.8) is 0 Å². The number of hydrogen-bond acceptors (Lipinski definition) is 6. The predicted octanol–water partition coefficient (Wildman–Crippen LogP) is 3.11. The summed E-state index contributed by atoms with van der Waals surface area (Å²) in [6, 6.07) is 14.6. The van der Waals surface area contributed by atoms with Crippen LogP contribution < -0.4 is 5.32 Å². The minimum absolute atomic E-state index is 0.164. The number of pyridine rings is 1. The van der Waals surface area contributed by atoms with E-state index in [1.165, 1.54) is 0 Å². The Kier molecular flexibility index (Phi) is 5.92. The van der Waals surface area contributed by atoms with Gasteiger partial charge in [-0.15, -0.1) is 0 Å². The lowest BCUT2D eigenvalue weighted by molar-refractivity contribution is 0.0790. The number of anilines is 2. The lowest BCUT2D eigenvalue weighted by atomic mass is 10.2. The molecule has 0 radical (unpaired) electrons. The van der Waals surface area contributed by atoms with E-state index < -0.39 is 0 Å². The molecule has 7 heteroatoms. The van der Waals surface area contributed by atoms with Gasteiger partial charge in [0.2, 0.25) is 5.95 Å². The Hall–Kier alpha value is -3.79. The Balaban J connectivity index is 1.70. The summed E-state index contributed by atoms with van der Waals surface area (Å²) < 4.78 is 0. The average Bonchev–Trinajstić information content (AvgIpc) is 2.72. The summed E-state index contributed by atoms with van der Waals surface area (Å²) in [5.41, 5.74) is 3.46. The summed E-state index contributed by atoms with van der Waals surface area (Å²) in [6.07, 6.45) is 4.23. The quantitative estimate of drug-likeness (QED) is 0.714. The number of aromatic nitrogens is 3. The highest BCUT2D eigenvalue weighted by Crippen LogP contribution is 2.15. The summed E-state index contributed by atoms with van der Waals surface area (Å²) in [7, 11) is 1.76. The van der Waals surface area contributed by atoms with Crippen LogP contribution >= 0.6 is 0 Å². The van der Waals surface area contributed by atoms with Crippen molar-refractivity contribution < 1.29 is 4.79 Å². The third-order valence-electron chi connectivity index (χ3n) is 4.18. The fourth-order valence-electron chi connectivity index (χ4n) is 2.63. The van der Waals surface area contributed by atoms with E-state index in [2.05, 4.69) is 26.3 Å². The highest BCUT2D eigenvalue weighted by molar-refractivity contribution is 5.92. The molecule has 1 amide bonds. The predicted molar refractivity (Wildman–Crippen MR) is 106 cm³/mol. The number of nitrogens with one attached hydrogen (secondary N) is 1. The second kappa shape index (κ2) is 8.73. The maximum Gasteiger partial charge on any atom is 0.272 e. The van der Waals surface area contributed by atoms with Crippen molar-refractivity contribution in [1.82, 2.24) is 19.9 Å². The summed E-state index contributed by atoms with van der Waals surface area (Å²) in [4.78, 5) is 27.1. The first kappa shape index (κ1) is 19.0. The Morgan fingerprint density at radius 3 is 2.54 bits per heavy atom. The number of rotatable bonds is 6. The maximum absolute atomic E-state index is 12.8. The van der Waals surface area contributed by atoms with Crippen LogP contribution in [0.3, 0.4) is 0 Å². The van der Waals surface area contributed by atoms with E-state index in [0.29, 0.717) is 29.4 Å². The molecule has 0 fully saturated rings. The van der Waals surface area contributed by atoms with Crippen molar-refractivity contribution in [3.05, 3.63) is 77.4 Å². The van der Waals surface area contributed by atoms with E-state index in [1.807, 2.05) is 19.1 Å². The summed E-state index contributed by atoms with van der Waals surface area (Å²) in [5.74, 6) is 0.179. The Morgan fingerprint density at radius 1 is 1.14 bits per heavy atom. The van der Waals surface area contributed by atoms with Crippen LogP contribution in [0.15, 0.2) is 54.9 Å². The van der Waals surface area contributed by atoms with Gasteiger partial charge in [0.25, 0.3) is 5.91 Å². The van der Waals surface area contributed by atoms with E-state index in [4.69, 9.17) is 5.26 Å². The van der Waals surface area contributed by atoms with E-state index >= 15 is 0 Å². The molecule has 0 spiro atoms. The largest absolute Gasteiger partial charge is 0.340 e. The molecule has 3 rings (SSSR count). The molecule has 140 valence electrons. The molecule has 28 heavy (non-hydrogen) atoms. The van der Waals surface area contributed by atoms with E-state index in [1.54, 1.807) is 54.7 Å². The SMILES string of the molecule is Cc1cc(C(=O)N(C)CCc2ccncc2)nc(Nc2ccc(C#N)cc2)n1. The van der Waals surface area contributed by atoms with Gasteiger partial charge in [0, 0.05) is 37.4 Å². The molecule has 1 aromatic carbocycles. The summed E-state index contributed by atoms with van der Waals surface area (Å²) >= 11 is 0. The first-order valence-electron chi connectivity index (χ1n) is 8.82. The van der Waals surface area contributed by atoms with Gasteiger partial charge in [-0.1, -0.05) is 0 Å². The second-order valence-corrected chi connectivity index (χ2v) is 6.36. The number of hydrogen-bond donors (Lipinski definition) is 1. The Bertz CT molecular complexity index is 996. The van der Waals surface area contributed by atoms with Crippen molar-refractivity contribution in [2.24, 2.45) is 0 Å². The molecular weight excluding hydrogens is 352 g/mol. The zero-order valence-corrected chi connectivity index (χ0v) is 15.8. The minimum Gasteiger partial charge on any atom is -0.340 e. The van der Waals surface area contributed by atoms with Gasteiger partial charge in [0.05, 0.1) is 11.6 Å². The zero-order valence-electron chi connectivity index (χ0n) is 15.8. The molecule has 0 aliphatic heterocycles. The molecule has 2 aromatic heterocycles. The third kappa shape index (κ3) is 4.89. The van der Waals surface area contributed by atoms with Crippen molar-refractivity contribution >= 4 is 17.5 Å². The van der Waals surface area contributed by atoms with Gasteiger partial charge in [0.1, 0.15) is 5.69 Å². The molecule has 3 aromatic rings. The van der Waals surface area contributed by atoms with Crippen molar-refractivity contribution in [1.29, 1.82) is 5.26 Å². The normalized spacial score (nSPS) is 10.2. The molecule has 7 nitrogen and oxygen atoms in total. The molecule has 0 saturated carbocycles. The smallest absolute Gasteiger partial charge is 0.272 e. The van der Waals surface area contributed by atoms with Gasteiger partial charge in [-0.3, -0.25) is 9.78 Å². The monoisotopic (exact) mass is 372 g/mol. The van der Waals surface area contributed by atoms with E-state index in [0.717, 1.165) is 17.7 Å². The minimum atomic E-state index is -0.164. The van der Waals surface area contributed by atoms with Crippen LogP contribution in [0.2, 0.25) is 0 Å². The van der Waals surface area contributed by atoms with Crippen LogP contribution in [-0.2, 0) is 6.42 Å². The number of benzene rings is 1. The molecule has 0 bridgehead atoms. The fraction of sp³-hybridized carbons (Fsp3) is 0.190. The van der Waals surface area contributed by atoms with Gasteiger partial charge in [-0.2, -0.15) is 5.26 Å². The Labute approximate surface area is 163 Å². The van der Waals surface area contributed by atoms with Gasteiger partial charge in [0.15, 0.2) is 0 Å². The summed E-state index contributed by atoms with van der Waals surface area (Å²) in [5, 5.41) is 12.0. The number of nitriles is 1. The number of likely N-dealkylation sites (N-methyl/N-ethyl adjacent to an activating group) is 1. The number of amides is 1. The molecular formula is C21H20N6O. The van der Waals surface area contributed by atoms with Gasteiger partial charge in [-0.25, -0.2) is 9.97 Å². The molecule has 0 saturated heterocycles. The highest BCUT2D eigenvalue weighted by atomic mass is 16.2. The van der Waals surface area contributed by atoms with Crippen molar-refractivity contribution in [3.8, 4) is 6.07 Å². The van der Waals surface area contributed by atoms with Crippen LogP contribution in [0.4, 0.5) is 11.6 Å². The van der Waals surface area contributed by atoms with Crippen LogP contribution in [0, 0.1) is 18.3 Å². The lowest BCUT2D eigenvalue weighted by Gasteiger charge is -2.17. The zero-order chi connectivity index (χ0) is 19.9. The lowest BCUT2D eigenvalue weighted by Crippen LogP contribution is -2.30. The van der Waals surface area contributed by atoms with E-state index in [-0.39, 0.29) is 5.91 Å². The summed E-state index contributed by atoms with van der Waals surface area (Å²) in [6.45, 7) is 2.39. The first-order chi connectivity index (χ1) is 13.5. The third-order valence-corrected chi connectivity index (χ3v) is 4.18. The number of carbonyl (C=O) groups is 1. The number of nitrogens with zero attached hydrogens (tertiary/aromatic N) is 5. The molecule has 2 heterocycles. The number of aryl methyl sites for hydroxylation is 1. The van der Waals surface area contributed by atoms with Gasteiger partial charge in [-0.05, 0) is 61.4 Å². The second-order valence-electron chi connectivity index (χ2n) is 6.36. The van der Waals surface area contributed by atoms with Crippen LogP contribution in [0.5, 0.6) is 0 Å². The van der Waals surface area contributed by atoms with Crippen LogP contribution in [0.1, 0.15) is 27.3 Å². The van der Waals surface area contributed by atoms with Gasteiger partial charge >= 0.3 is 0 Å². The topological polar surface area (TPSA) is 94.8 Å². The van der Waals surface area contributed by atoms with Crippen LogP contribution in [-0.4, -0.2) is 39.4 Å². The fourth-order valence-corrected chi connectivity index (χ4v) is 2.63. The van der Waals surface area contributed by atoms with Crippen molar-refractivity contribution in [2.45, 2.75) is 13.3 Å². The molecule has 0 atom stereocenters. The molecule has 1 N–H and O–H groups in total. The highest BCUT2D eigenvalue weighted by Gasteiger charge is 2.15. The Morgan fingerprint density at radius 2 is 1.86 bits per heavy atom. The van der Waals surface area contributed by atoms with Gasteiger partial charge < -0.3 is 10.2 Å².